The first-order valence-electron chi connectivity index (χ1n) is 9.23. The maximum atomic E-state index is 11.9. The van der Waals surface area contributed by atoms with Crippen molar-refractivity contribution in [2.75, 3.05) is 6.61 Å². The van der Waals surface area contributed by atoms with E-state index in [-0.39, 0.29) is 12.2 Å². The predicted octanol–water partition coefficient (Wildman–Crippen LogP) is 5.28. The molecule has 5 heteroatoms. The molecule has 0 spiro atoms. The van der Waals surface area contributed by atoms with Crippen LogP contribution in [0.15, 0.2) is 48.5 Å². The topological polar surface area (TPSA) is 54.0 Å². The highest BCUT2D eigenvalue weighted by Crippen LogP contribution is 2.42. The Morgan fingerprint density at radius 1 is 1.15 bits per heavy atom. The Morgan fingerprint density at radius 2 is 1.89 bits per heavy atom. The first kappa shape index (κ1) is 19.2. The van der Waals surface area contributed by atoms with E-state index in [1.54, 1.807) is 32.9 Å². The summed E-state index contributed by atoms with van der Waals surface area (Å²) in [4.78, 5) is 11.9. The molecule has 144 valence electrons. The molecule has 2 aromatic rings. The molecule has 0 aromatic heterocycles. The van der Waals surface area contributed by atoms with Gasteiger partial charge in [0.15, 0.2) is 0 Å². The summed E-state index contributed by atoms with van der Waals surface area (Å²) < 4.78 is 22.2. The molecule has 5 nitrogen and oxygen atoms in total. The number of carbonyl (C=O) groups excluding carboxylic acids is 1. The van der Waals surface area contributed by atoms with Gasteiger partial charge in [-0.05, 0) is 39.3 Å². The minimum absolute atomic E-state index is 0.155. The van der Waals surface area contributed by atoms with E-state index in [0.29, 0.717) is 18.1 Å². The average Bonchev–Trinajstić information content (AvgIpc) is 2.60. The third-order valence-corrected chi connectivity index (χ3v) is 4.19. The SMILES string of the molecule is CCO[C@H]1C[C@@H](c2ccccc2)c2ccc(OC(=O)OC(C)(C)C)cc2O1. The molecule has 0 saturated carbocycles. The smallest absolute Gasteiger partial charge is 0.464 e. The fourth-order valence-electron chi connectivity index (χ4n) is 3.13. The van der Waals surface area contributed by atoms with Crippen LogP contribution in [0.5, 0.6) is 11.5 Å². The lowest BCUT2D eigenvalue weighted by Gasteiger charge is -2.32. The van der Waals surface area contributed by atoms with Gasteiger partial charge in [0.05, 0.1) is 0 Å². The number of carbonyl (C=O) groups is 1. The van der Waals surface area contributed by atoms with Crippen molar-refractivity contribution in [1.82, 2.24) is 0 Å². The molecule has 2 atom stereocenters. The van der Waals surface area contributed by atoms with Crippen LogP contribution in [0.4, 0.5) is 4.79 Å². The van der Waals surface area contributed by atoms with Gasteiger partial charge in [0.1, 0.15) is 17.1 Å². The Balaban J connectivity index is 1.86. The molecular formula is C22H26O5. The van der Waals surface area contributed by atoms with Crippen molar-refractivity contribution in [3.8, 4) is 11.5 Å². The lowest BCUT2D eigenvalue weighted by Crippen LogP contribution is -2.29. The van der Waals surface area contributed by atoms with Gasteiger partial charge in [-0.3, -0.25) is 0 Å². The Labute approximate surface area is 160 Å². The van der Waals surface area contributed by atoms with E-state index in [0.717, 1.165) is 12.0 Å². The number of benzene rings is 2. The Kier molecular flexibility index (Phi) is 5.71. The largest absolute Gasteiger partial charge is 0.514 e. The molecule has 1 aliphatic heterocycles. The zero-order valence-electron chi connectivity index (χ0n) is 16.2. The lowest BCUT2D eigenvalue weighted by molar-refractivity contribution is -0.0894. The van der Waals surface area contributed by atoms with Gasteiger partial charge in [0.2, 0.25) is 6.29 Å². The first-order valence-corrected chi connectivity index (χ1v) is 9.23. The van der Waals surface area contributed by atoms with Crippen LogP contribution >= 0.6 is 0 Å². The molecule has 0 bridgehead atoms. The molecule has 0 aliphatic carbocycles. The summed E-state index contributed by atoms with van der Waals surface area (Å²) in [6, 6.07) is 15.7. The van der Waals surface area contributed by atoms with E-state index >= 15 is 0 Å². The highest BCUT2D eigenvalue weighted by molar-refractivity contribution is 5.65. The van der Waals surface area contributed by atoms with Crippen LogP contribution in [0.2, 0.25) is 0 Å². The fourth-order valence-corrected chi connectivity index (χ4v) is 3.13. The fraction of sp³-hybridized carbons (Fsp3) is 0.409. The van der Waals surface area contributed by atoms with Gasteiger partial charge in [-0.15, -0.1) is 0 Å². The number of hydrogen-bond donors (Lipinski definition) is 0. The van der Waals surface area contributed by atoms with Crippen LogP contribution in [0.25, 0.3) is 0 Å². The van der Waals surface area contributed by atoms with Crippen molar-refractivity contribution in [2.24, 2.45) is 0 Å². The highest BCUT2D eigenvalue weighted by atomic mass is 16.7. The third-order valence-electron chi connectivity index (χ3n) is 4.19. The summed E-state index contributed by atoms with van der Waals surface area (Å²) in [5.74, 6) is 1.20. The van der Waals surface area contributed by atoms with Crippen LogP contribution in [0.3, 0.4) is 0 Å². The molecule has 0 saturated heterocycles. The van der Waals surface area contributed by atoms with E-state index < -0.39 is 11.8 Å². The molecular weight excluding hydrogens is 344 g/mol. The maximum Gasteiger partial charge on any atom is 0.514 e. The van der Waals surface area contributed by atoms with Crippen molar-refractivity contribution in [3.05, 3.63) is 59.7 Å². The number of fused-ring (bicyclic) bond motifs is 1. The summed E-state index contributed by atoms with van der Waals surface area (Å²) in [6.45, 7) is 7.89. The number of ether oxygens (including phenoxy) is 4. The monoisotopic (exact) mass is 370 g/mol. The standard InChI is InChI=1S/C22H26O5/c1-5-24-20-14-18(15-9-7-6-8-10-15)17-12-11-16(13-19(17)26-20)25-21(23)27-22(2,3)4/h6-13,18,20H,5,14H2,1-4H3/t18-,20+/m0/s1. The molecule has 27 heavy (non-hydrogen) atoms. The Hall–Kier alpha value is -2.53. The summed E-state index contributed by atoms with van der Waals surface area (Å²) in [6.07, 6.45) is -0.347. The van der Waals surface area contributed by atoms with Crippen LogP contribution in [-0.2, 0) is 9.47 Å². The second-order valence-corrected chi connectivity index (χ2v) is 7.47. The van der Waals surface area contributed by atoms with Crippen molar-refractivity contribution in [1.29, 1.82) is 0 Å². The van der Waals surface area contributed by atoms with Crippen molar-refractivity contribution < 1.29 is 23.7 Å². The third kappa shape index (κ3) is 5.01. The van der Waals surface area contributed by atoms with Crippen LogP contribution in [0, 0.1) is 0 Å². The minimum Gasteiger partial charge on any atom is -0.464 e. The summed E-state index contributed by atoms with van der Waals surface area (Å²) in [7, 11) is 0. The van der Waals surface area contributed by atoms with E-state index in [4.69, 9.17) is 18.9 Å². The molecule has 3 rings (SSSR count). The summed E-state index contributed by atoms with van der Waals surface area (Å²) >= 11 is 0. The molecule has 0 N–H and O–H groups in total. The van der Waals surface area contributed by atoms with Gasteiger partial charge < -0.3 is 18.9 Å². The van der Waals surface area contributed by atoms with Gasteiger partial charge in [-0.1, -0.05) is 36.4 Å². The second kappa shape index (κ2) is 8.01. The van der Waals surface area contributed by atoms with Gasteiger partial charge >= 0.3 is 6.16 Å². The summed E-state index contributed by atoms with van der Waals surface area (Å²) in [5.41, 5.74) is 1.64. The molecule has 2 aromatic carbocycles. The van der Waals surface area contributed by atoms with Gasteiger partial charge in [-0.25, -0.2) is 4.79 Å². The van der Waals surface area contributed by atoms with E-state index in [1.807, 2.05) is 31.2 Å². The molecule has 0 amide bonds. The van der Waals surface area contributed by atoms with Gasteiger partial charge in [0, 0.05) is 30.6 Å². The van der Waals surface area contributed by atoms with E-state index in [9.17, 15) is 4.79 Å². The van der Waals surface area contributed by atoms with Crippen molar-refractivity contribution in [3.63, 3.8) is 0 Å². The molecule has 1 aliphatic rings. The minimum atomic E-state index is -0.737. The van der Waals surface area contributed by atoms with Crippen molar-refractivity contribution in [2.45, 2.75) is 51.9 Å². The van der Waals surface area contributed by atoms with Crippen LogP contribution < -0.4 is 9.47 Å². The highest BCUT2D eigenvalue weighted by Gasteiger charge is 2.30. The van der Waals surface area contributed by atoms with E-state index in [1.165, 1.54) is 5.56 Å². The molecule has 0 unspecified atom stereocenters. The van der Waals surface area contributed by atoms with Crippen LogP contribution in [-0.4, -0.2) is 24.7 Å². The second-order valence-electron chi connectivity index (χ2n) is 7.47. The van der Waals surface area contributed by atoms with Gasteiger partial charge in [-0.2, -0.15) is 0 Å². The zero-order valence-corrected chi connectivity index (χ0v) is 16.2. The van der Waals surface area contributed by atoms with Crippen molar-refractivity contribution >= 4 is 6.16 Å². The molecule has 0 fully saturated rings. The predicted molar refractivity (Wildman–Crippen MR) is 102 cm³/mol. The first-order chi connectivity index (χ1) is 12.9. The van der Waals surface area contributed by atoms with E-state index in [2.05, 4.69) is 12.1 Å². The molecule has 0 radical (unpaired) electrons. The molecule has 1 heterocycles. The summed E-state index contributed by atoms with van der Waals surface area (Å²) in [5, 5.41) is 0. The number of rotatable bonds is 4. The Bertz CT molecular complexity index is 779. The maximum absolute atomic E-state index is 11.9. The average molecular weight is 370 g/mol. The number of hydrogen-bond acceptors (Lipinski definition) is 5. The quantitative estimate of drug-likeness (QED) is 0.541. The van der Waals surface area contributed by atoms with Crippen LogP contribution in [0.1, 0.15) is 51.2 Å². The lowest BCUT2D eigenvalue weighted by atomic mass is 9.86. The normalized spacial score (nSPS) is 19.0. The zero-order chi connectivity index (χ0) is 19.4. The van der Waals surface area contributed by atoms with Gasteiger partial charge in [0.25, 0.3) is 0 Å². The Morgan fingerprint density at radius 3 is 2.56 bits per heavy atom.